The van der Waals surface area contributed by atoms with Gasteiger partial charge in [-0.2, -0.15) is 0 Å². The molecule has 0 saturated heterocycles. The fourth-order valence-corrected chi connectivity index (χ4v) is 1.72. The number of aryl methyl sites for hydroxylation is 1. The first-order chi connectivity index (χ1) is 7.74. The molecular weight excluding hydrogens is 206 g/mol. The molecule has 0 unspecified atom stereocenters. The molecule has 0 aliphatic heterocycles. The highest BCUT2D eigenvalue weighted by atomic mass is 14.6. The normalized spacial score (nSPS) is 12.8. The molecule has 0 aromatic carbocycles. The van der Waals surface area contributed by atoms with Crippen LogP contribution in [0.25, 0.3) is 0 Å². The van der Waals surface area contributed by atoms with E-state index in [1.165, 1.54) is 17.5 Å². The maximum absolute atomic E-state index is 4.40. The van der Waals surface area contributed by atoms with Gasteiger partial charge in [0.1, 0.15) is 0 Å². The number of hydrogen-bond donors (Lipinski definition) is 0. The summed E-state index contributed by atoms with van der Waals surface area (Å²) in [6, 6.07) is 2.34. The van der Waals surface area contributed by atoms with E-state index in [1.54, 1.807) is 0 Å². The molecule has 0 atom stereocenters. The van der Waals surface area contributed by atoms with Crippen molar-refractivity contribution >= 4 is 0 Å². The van der Waals surface area contributed by atoms with Crippen molar-refractivity contribution in [2.75, 3.05) is 0 Å². The fraction of sp³-hybridized carbons (Fsp3) is 0.688. The number of pyridine rings is 1. The van der Waals surface area contributed by atoms with Crippen LogP contribution >= 0.6 is 0 Å². The Morgan fingerprint density at radius 1 is 1.06 bits per heavy atom. The predicted octanol–water partition coefficient (Wildman–Crippen LogP) is 4.75. The molecule has 1 aromatic heterocycles. The molecule has 0 aliphatic rings. The number of hydrogen-bond acceptors (Lipinski definition) is 1. The molecule has 0 bridgehead atoms. The molecule has 1 heterocycles. The van der Waals surface area contributed by atoms with Gasteiger partial charge in [0, 0.05) is 12.4 Å². The van der Waals surface area contributed by atoms with Crippen molar-refractivity contribution in [1.29, 1.82) is 0 Å². The van der Waals surface area contributed by atoms with Gasteiger partial charge in [-0.25, -0.2) is 0 Å². The second-order valence-corrected chi connectivity index (χ2v) is 6.88. The van der Waals surface area contributed by atoms with Crippen molar-refractivity contribution in [3.05, 3.63) is 29.6 Å². The van der Waals surface area contributed by atoms with E-state index < -0.39 is 0 Å². The van der Waals surface area contributed by atoms with E-state index in [-0.39, 0.29) is 5.41 Å². The zero-order valence-electron chi connectivity index (χ0n) is 12.3. The molecule has 0 saturated carbocycles. The summed E-state index contributed by atoms with van der Waals surface area (Å²) >= 11 is 0. The van der Waals surface area contributed by atoms with Crippen LogP contribution < -0.4 is 0 Å². The molecule has 1 aromatic rings. The Bertz CT molecular complexity index is 358. The van der Waals surface area contributed by atoms with Crippen LogP contribution in [-0.2, 0) is 11.8 Å². The highest BCUT2D eigenvalue weighted by molar-refractivity contribution is 5.25. The van der Waals surface area contributed by atoms with Gasteiger partial charge in [0.25, 0.3) is 0 Å². The molecule has 17 heavy (non-hydrogen) atoms. The van der Waals surface area contributed by atoms with Gasteiger partial charge in [-0.15, -0.1) is 0 Å². The Balaban J connectivity index is 2.80. The van der Waals surface area contributed by atoms with Crippen molar-refractivity contribution < 1.29 is 0 Å². The first-order valence-electron chi connectivity index (χ1n) is 6.69. The van der Waals surface area contributed by atoms with Gasteiger partial charge in [0.2, 0.25) is 0 Å². The molecule has 1 nitrogen and oxygen atoms in total. The molecule has 1 heteroatoms. The second kappa shape index (κ2) is 5.20. The van der Waals surface area contributed by atoms with E-state index in [2.05, 4.69) is 52.6 Å². The van der Waals surface area contributed by atoms with Gasteiger partial charge in [-0.3, -0.25) is 4.98 Å². The van der Waals surface area contributed by atoms with Crippen LogP contribution in [0.1, 0.15) is 65.5 Å². The van der Waals surface area contributed by atoms with Crippen molar-refractivity contribution in [3.63, 3.8) is 0 Å². The third kappa shape index (κ3) is 4.49. The highest BCUT2D eigenvalue weighted by Gasteiger charge is 2.19. The summed E-state index contributed by atoms with van der Waals surface area (Å²) < 4.78 is 0. The summed E-state index contributed by atoms with van der Waals surface area (Å²) in [5.74, 6) is 0. The van der Waals surface area contributed by atoms with E-state index in [4.69, 9.17) is 0 Å². The molecule has 0 spiro atoms. The Labute approximate surface area is 107 Å². The minimum atomic E-state index is 0.241. The van der Waals surface area contributed by atoms with Gasteiger partial charge >= 0.3 is 0 Å². The number of nitrogens with zero attached hydrogens (tertiary/aromatic N) is 1. The second-order valence-electron chi connectivity index (χ2n) is 6.88. The minimum Gasteiger partial charge on any atom is -0.264 e. The summed E-state index contributed by atoms with van der Waals surface area (Å²) in [6.07, 6.45) is 7.53. The summed E-state index contributed by atoms with van der Waals surface area (Å²) in [6.45, 7) is 13.7. The third-order valence-electron chi connectivity index (χ3n) is 3.62. The molecule has 1 rings (SSSR count). The highest BCUT2D eigenvalue weighted by Crippen LogP contribution is 2.27. The molecule has 0 fully saturated rings. The molecule has 96 valence electrons. The number of aromatic nitrogens is 1. The molecule has 0 amide bonds. The molecule has 0 N–H and O–H groups in total. The lowest BCUT2D eigenvalue weighted by Gasteiger charge is -2.24. The van der Waals surface area contributed by atoms with Gasteiger partial charge in [-0.05, 0) is 41.2 Å². The van der Waals surface area contributed by atoms with Crippen molar-refractivity contribution in [2.24, 2.45) is 5.41 Å². The van der Waals surface area contributed by atoms with E-state index in [0.717, 1.165) is 12.8 Å². The monoisotopic (exact) mass is 233 g/mol. The first kappa shape index (κ1) is 14.2. The quantitative estimate of drug-likeness (QED) is 0.731. The predicted molar refractivity (Wildman–Crippen MR) is 75.3 cm³/mol. The SMILES string of the molecule is CCC(C)(C)c1cncc(CCC(C)(C)C)c1. The van der Waals surface area contributed by atoms with E-state index in [0.29, 0.717) is 5.41 Å². The Kier molecular flexibility index (Phi) is 4.35. The summed E-state index contributed by atoms with van der Waals surface area (Å²) in [7, 11) is 0. The fourth-order valence-electron chi connectivity index (χ4n) is 1.72. The summed E-state index contributed by atoms with van der Waals surface area (Å²) in [5.41, 5.74) is 3.38. The topological polar surface area (TPSA) is 12.9 Å². The average molecular weight is 233 g/mol. The smallest absolute Gasteiger partial charge is 0.0305 e. The van der Waals surface area contributed by atoms with Gasteiger partial charge < -0.3 is 0 Å². The summed E-state index contributed by atoms with van der Waals surface area (Å²) in [5, 5.41) is 0. The van der Waals surface area contributed by atoms with Crippen molar-refractivity contribution in [2.45, 2.75) is 66.2 Å². The van der Waals surface area contributed by atoms with Crippen LogP contribution in [0.4, 0.5) is 0 Å². The Morgan fingerprint density at radius 2 is 1.71 bits per heavy atom. The van der Waals surface area contributed by atoms with E-state index >= 15 is 0 Å². The van der Waals surface area contributed by atoms with Crippen LogP contribution in [0.5, 0.6) is 0 Å². The van der Waals surface area contributed by atoms with E-state index in [1.807, 2.05) is 12.4 Å². The maximum atomic E-state index is 4.40. The van der Waals surface area contributed by atoms with Crippen LogP contribution in [0, 0.1) is 5.41 Å². The van der Waals surface area contributed by atoms with Crippen LogP contribution in [0.2, 0.25) is 0 Å². The van der Waals surface area contributed by atoms with Crippen LogP contribution in [-0.4, -0.2) is 4.98 Å². The lowest BCUT2D eigenvalue weighted by molar-refractivity contribution is 0.378. The number of rotatable bonds is 4. The zero-order chi connectivity index (χ0) is 13.1. The lowest BCUT2D eigenvalue weighted by Crippen LogP contribution is -2.16. The van der Waals surface area contributed by atoms with Crippen LogP contribution in [0.15, 0.2) is 18.5 Å². The van der Waals surface area contributed by atoms with Crippen molar-refractivity contribution in [3.8, 4) is 0 Å². The van der Waals surface area contributed by atoms with Crippen LogP contribution in [0.3, 0.4) is 0 Å². The lowest BCUT2D eigenvalue weighted by atomic mass is 9.82. The molecule has 0 radical (unpaired) electrons. The average Bonchev–Trinajstić information content (AvgIpc) is 2.26. The third-order valence-corrected chi connectivity index (χ3v) is 3.62. The first-order valence-corrected chi connectivity index (χ1v) is 6.69. The Morgan fingerprint density at radius 3 is 2.24 bits per heavy atom. The Hall–Kier alpha value is -0.850. The van der Waals surface area contributed by atoms with Gasteiger partial charge in [0.05, 0.1) is 0 Å². The van der Waals surface area contributed by atoms with Gasteiger partial charge in [0.15, 0.2) is 0 Å². The van der Waals surface area contributed by atoms with Gasteiger partial charge in [-0.1, -0.05) is 47.6 Å². The largest absolute Gasteiger partial charge is 0.264 e. The summed E-state index contributed by atoms with van der Waals surface area (Å²) in [4.78, 5) is 4.40. The van der Waals surface area contributed by atoms with E-state index in [9.17, 15) is 0 Å². The molecular formula is C16H27N. The minimum absolute atomic E-state index is 0.241. The standard InChI is InChI=1S/C16H27N/c1-7-16(5,6)14-10-13(11-17-12-14)8-9-15(2,3)4/h10-12H,7-9H2,1-6H3. The zero-order valence-corrected chi connectivity index (χ0v) is 12.3. The van der Waals surface area contributed by atoms with Crippen molar-refractivity contribution in [1.82, 2.24) is 4.98 Å². The molecule has 0 aliphatic carbocycles. The maximum Gasteiger partial charge on any atom is 0.0305 e.